The van der Waals surface area contributed by atoms with Crippen LogP contribution in [0, 0.1) is 0 Å². The first-order valence-electron chi connectivity index (χ1n) is 11.2. The summed E-state index contributed by atoms with van der Waals surface area (Å²) in [6, 6.07) is 14.7. The number of hydrogen-bond acceptors (Lipinski definition) is 9. The number of nitrogens with one attached hydrogen (secondary N) is 2. The predicted octanol–water partition coefficient (Wildman–Crippen LogP) is 1.91. The zero-order valence-electron chi connectivity index (χ0n) is 21.0. The molecule has 1 aromatic heterocycles. The van der Waals surface area contributed by atoms with Crippen LogP contribution in [0.1, 0.15) is 11.3 Å². The van der Waals surface area contributed by atoms with E-state index in [1.807, 2.05) is 0 Å². The molecule has 0 unspecified atom stereocenters. The van der Waals surface area contributed by atoms with Gasteiger partial charge in [0, 0.05) is 6.07 Å². The van der Waals surface area contributed by atoms with Crippen molar-refractivity contribution in [1.29, 1.82) is 0 Å². The van der Waals surface area contributed by atoms with Gasteiger partial charge in [0.05, 0.1) is 45.2 Å². The lowest BCUT2D eigenvalue weighted by molar-refractivity contribution is -0.123. The van der Waals surface area contributed by atoms with Gasteiger partial charge in [0.1, 0.15) is 29.6 Å². The van der Waals surface area contributed by atoms with E-state index in [4.69, 9.17) is 18.6 Å². The number of benzene rings is 2. The Morgan fingerprint density at radius 2 is 1.76 bits per heavy atom. The summed E-state index contributed by atoms with van der Waals surface area (Å²) in [7, 11) is -0.965. The fraction of sp³-hybridized carbons (Fsp3) is 0.240. The van der Waals surface area contributed by atoms with E-state index in [1.165, 1.54) is 38.8 Å². The third-order valence-electron chi connectivity index (χ3n) is 5.04. The number of carbonyl (C=O) groups is 2. The molecule has 2 N–H and O–H groups in total. The smallest absolute Gasteiger partial charge is 0.260 e. The van der Waals surface area contributed by atoms with Crippen molar-refractivity contribution in [2.24, 2.45) is 5.10 Å². The third kappa shape index (κ3) is 8.27. The molecule has 0 saturated heterocycles. The summed E-state index contributed by atoms with van der Waals surface area (Å²) in [6.07, 6.45) is 3.90. The number of ether oxygens (including phenoxy) is 3. The second-order valence-electron chi connectivity index (χ2n) is 7.81. The average molecular weight is 545 g/mol. The summed E-state index contributed by atoms with van der Waals surface area (Å²) in [5.74, 6) is 0.839. The predicted molar refractivity (Wildman–Crippen MR) is 140 cm³/mol. The molecule has 2 aromatic carbocycles. The number of methoxy groups -OCH3 is 2. The molecule has 13 heteroatoms. The van der Waals surface area contributed by atoms with Gasteiger partial charge in [0.25, 0.3) is 11.8 Å². The van der Waals surface area contributed by atoms with Crippen molar-refractivity contribution in [3.05, 3.63) is 72.2 Å². The molecule has 0 atom stereocenters. The van der Waals surface area contributed by atoms with Crippen LogP contribution in [-0.2, 0) is 26.2 Å². The number of nitrogens with zero attached hydrogens (tertiary/aromatic N) is 2. The van der Waals surface area contributed by atoms with Gasteiger partial charge in [-0.3, -0.25) is 13.9 Å². The standard InChI is InChI=1S/C25H28N4O8S/c1-34-20-10-11-22(23(13-20)35-2)29(38(3,32)33)16-24(30)28-27-14-18-6-8-19(9-7-18)37-17-25(31)26-15-21-5-4-12-36-21/h4-14H,15-17H2,1-3H3,(H,26,31)(H,28,30)/b27-14-. The second-order valence-corrected chi connectivity index (χ2v) is 9.72. The largest absolute Gasteiger partial charge is 0.497 e. The molecule has 0 spiro atoms. The number of carbonyl (C=O) groups excluding carboxylic acids is 2. The lowest BCUT2D eigenvalue weighted by Gasteiger charge is -2.23. The van der Waals surface area contributed by atoms with Crippen LogP contribution in [0.25, 0.3) is 0 Å². The Labute approximate surface area is 220 Å². The van der Waals surface area contributed by atoms with Crippen LogP contribution in [0.2, 0.25) is 0 Å². The Balaban J connectivity index is 1.52. The molecular formula is C25H28N4O8S. The molecular weight excluding hydrogens is 516 g/mol. The maximum Gasteiger partial charge on any atom is 0.260 e. The van der Waals surface area contributed by atoms with Crippen molar-refractivity contribution < 1.29 is 36.6 Å². The van der Waals surface area contributed by atoms with Crippen LogP contribution in [0.4, 0.5) is 5.69 Å². The van der Waals surface area contributed by atoms with Crippen LogP contribution >= 0.6 is 0 Å². The number of hydrogen-bond donors (Lipinski definition) is 2. The van der Waals surface area contributed by atoms with Crippen molar-refractivity contribution in [2.45, 2.75) is 6.54 Å². The minimum atomic E-state index is -3.82. The number of rotatable bonds is 13. The highest BCUT2D eigenvalue weighted by Crippen LogP contribution is 2.33. The summed E-state index contributed by atoms with van der Waals surface area (Å²) in [4.78, 5) is 24.3. The van der Waals surface area contributed by atoms with Crippen molar-refractivity contribution in [3.8, 4) is 17.2 Å². The van der Waals surface area contributed by atoms with Gasteiger partial charge in [0.2, 0.25) is 10.0 Å². The van der Waals surface area contributed by atoms with Gasteiger partial charge in [-0.25, -0.2) is 13.8 Å². The molecule has 0 aliphatic carbocycles. The van der Waals surface area contributed by atoms with Gasteiger partial charge >= 0.3 is 0 Å². The first-order chi connectivity index (χ1) is 18.2. The molecule has 3 rings (SSSR count). The van der Waals surface area contributed by atoms with E-state index in [-0.39, 0.29) is 30.5 Å². The lowest BCUT2D eigenvalue weighted by Crippen LogP contribution is -2.39. The van der Waals surface area contributed by atoms with Crippen LogP contribution < -0.4 is 29.3 Å². The minimum Gasteiger partial charge on any atom is -0.497 e. The van der Waals surface area contributed by atoms with E-state index < -0.39 is 22.5 Å². The first kappa shape index (κ1) is 28.1. The molecule has 202 valence electrons. The van der Waals surface area contributed by atoms with E-state index in [0.717, 1.165) is 10.6 Å². The van der Waals surface area contributed by atoms with Crippen molar-refractivity contribution >= 4 is 33.7 Å². The van der Waals surface area contributed by atoms with Crippen LogP contribution in [-0.4, -0.2) is 60.1 Å². The molecule has 1 heterocycles. The molecule has 2 amide bonds. The second kappa shape index (κ2) is 13.1. The van der Waals surface area contributed by atoms with Crippen molar-refractivity contribution in [2.75, 3.05) is 37.9 Å². The molecule has 0 radical (unpaired) electrons. The number of anilines is 1. The van der Waals surface area contributed by atoms with Crippen molar-refractivity contribution in [1.82, 2.24) is 10.7 Å². The molecule has 0 aliphatic rings. The molecule has 3 aromatic rings. The SMILES string of the molecule is COc1ccc(N(CC(=O)N/N=C\c2ccc(OCC(=O)NCc3ccco3)cc2)S(C)(=O)=O)c(OC)c1. The molecule has 0 aliphatic heterocycles. The molecule has 0 saturated carbocycles. The molecule has 0 fully saturated rings. The highest BCUT2D eigenvalue weighted by atomic mass is 32.2. The topological polar surface area (TPSA) is 149 Å². The maximum absolute atomic E-state index is 12.5. The quantitative estimate of drug-likeness (QED) is 0.245. The number of furan rings is 1. The Bertz CT molecular complexity index is 1360. The average Bonchev–Trinajstić information content (AvgIpc) is 3.43. The molecule has 0 bridgehead atoms. The third-order valence-corrected chi connectivity index (χ3v) is 6.16. The zero-order chi connectivity index (χ0) is 27.5. The Hall–Kier alpha value is -4.52. The monoisotopic (exact) mass is 544 g/mol. The Morgan fingerprint density at radius 1 is 1.03 bits per heavy atom. The fourth-order valence-electron chi connectivity index (χ4n) is 3.17. The Morgan fingerprint density at radius 3 is 2.39 bits per heavy atom. The van der Waals surface area contributed by atoms with E-state index in [1.54, 1.807) is 42.5 Å². The maximum atomic E-state index is 12.5. The van der Waals surface area contributed by atoms with Gasteiger partial charge < -0.3 is 23.9 Å². The summed E-state index contributed by atoms with van der Waals surface area (Å²) >= 11 is 0. The van der Waals surface area contributed by atoms with E-state index in [0.29, 0.717) is 22.8 Å². The van der Waals surface area contributed by atoms with Gasteiger partial charge in [-0.05, 0) is 54.1 Å². The van der Waals surface area contributed by atoms with Crippen LogP contribution in [0.3, 0.4) is 0 Å². The summed E-state index contributed by atoms with van der Waals surface area (Å²) in [6.45, 7) is -0.417. The van der Waals surface area contributed by atoms with Gasteiger partial charge in [0.15, 0.2) is 6.61 Å². The van der Waals surface area contributed by atoms with Gasteiger partial charge in [-0.1, -0.05) is 0 Å². The van der Waals surface area contributed by atoms with Gasteiger partial charge in [-0.2, -0.15) is 5.10 Å². The number of hydrazone groups is 1. The summed E-state index contributed by atoms with van der Waals surface area (Å²) in [5.41, 5.74) is 3.13. The number of amides is 2. The Kier molecular flexibility index (Phi) is 9.71. The summed E-state index contributed by atoms with van der Waals surface area (Å²) < 4.78 is 46.7. The van der Waals surface area contributed by atoms with E-state index in [2.05, 4.69) is 15.8 Å². The highest BCUT2D eigenvalue weighted by Gasteiger charge is 2.24. The van der Waals surface area contributed by atoms with E-state index >= 15 is 0 Å². The van der Waals surface area contributed by atoms with Gasteiger partial charge in [-0.15, -0.1) is 0 Å². The number of sulfonamides is 1. The van der Waals surface area contributed by atoms with Crippen LogP contribution in [0.15, 0.2) is 70.4 Å². The zero-order valence-corrected chi connectivity index (χ0v) is 21.9. The highest BCUT2D eigenvalue weighted by molar-refractivity contribution is 7.92. The van der Waals surface area contributed by atoms with Crippen LogP contribution in [0.5, 0.6) is 17.2 Å². The molecule has 38 heavy (non-hydrogen) atoms. The summed E-state index contributed by atoms with van der Waals surface area (Å²) in [5, 5.41) is 6.56. The molecule has 12 nitrogen and oxygen atoms in total. The van der Waals surface area contributed by atoms with E-state index in [9.17, 15) is 18.0 Å². The first-order valence-corrected chi connectivity index (χ1v) is 13.1. The minimum absolute atomic E-state index is 0.167. The van der Waals surface area contributed by atoms with Crippen molar-refractivity contribution in [3.63, 3.8) is 0 Å². The normalized spacial score (nSPS) is 11.1. The fourth-order valence-corrected chi connectivity index (χ4v) is 4.03. The lowest BCUT2D eigenvalue weighted by atomic mass is 10.2.